The number of esters is 1. The zero-order chi connectivity index (χ0) is 48.2. The van der Waals surface area contributed by atoms with E-state index in [0.717, 1.165) is 10.2 Å². The first kappa shape index (κ1) is 51.1. The number of hydrogen-bond donors (Lipinski definition) is 1. The van der Waals surface area contributed by atoms with Crippen molar-refractivity contribution in [1.82, 2.24) is 14.8 Å². The van der Waals surface area contributed by atoms with Crippen LogP contribution < -0.4 is 4.90 Å². The summed E-state index contributed by atoms with van der Waals surface area (Å²) in [7, 11) is 3.41. The molecule has 3 aliphatic heterocycles. The van der Waals surface area contributed by atoms with Gasteiger partial charge < -0.3 is 38.6 Å². The Bertz CT molecular complexity index is 2160. The zero-order valence-corrected chi connectivity index (χ0v) is 41.2. The van der Waals surface area contributed by atoms with Crippen LogP contribution in [0.25, 0.3) is 10.2 Å². The van der Waals surface area contributed by atoms with E-state index in [4.69, 9.17) is 28.7 Å². The second-order valence-electron chi connectivity index (χ2n) is 19.0. The molecule has 1 aromatic heterocycles. The summed E-state index contributed by atoms with van der Waals surface area (Å²) in [5, 5.41) is 12.2. The number of ether oxygens (including phenoxy) is 5. The van der Waals surface area contributed by atoms with Crippen LogP contribution in [0.3, 0.4) is 0 Å². The summed E-state index contributed by atoms with van der Waals surface area (Å²) in [5.41, 5.74) is -1.48. The Morgan fingerprint density at radius 1 is 0.955 bits per heavy atom. The minimum Gasteiger partial charge on any atom is -0.458 e. The molecule has 362 valence electrons. The van der Waals surface area contributed by atoms with E-state index in [2.05, 4.69) is 0 Å². The molecule has 3 aromatic rings. The lowest BCUT2D eigenvalue weighted by Gasteiger charge is -2.47. The van der Waals surface area contributed by atoms with Crippen LogP contribution in [-0.4, -0.2) is 137 Å². The SMILES string of the molecule is CC[C@H]1OC(=O)[C@H](C)C(=O)[C@H](C)[C@@H](O[C@@H]2O[C@H](C)C[C@H](N(C)CC)[C@H]2O)[C@](C)(OC)C[C@@H](C)C(=O)[C@H](C)[C@@H]2N(CCCCN(C(=O)c3ccccc3)c3nc4ccccc4s3)C(=O)O[C@@]21C. The highest BCUT2D eigenvalue weighted by Gasteiger charge is 2.60. The first-order chi connectivity index (χ1) is 31.3. The molecule has 3 saturated heterocycles. The fraction of sp³-hybridized carbons (Fsp3) is 0.640. The van der Waals surface area contributed by atoms with Crippen LogP contribution >= 0.6 is 11.3 Å². The largest absolute Gasteiger partial charge is 0.458 e. The van der Waals surface area contributed by atoms with Gasteiger partial charge in [0.15, 0.2) is 22.8 Å². The number of benzene rings is 2. The Hall–Kier alpha value is -4.32. The Morgan fingerprint density at radius 3 is 2.29 bits per heavy atom. The topological polar surface area (TPSA) is 174 Å². The number of cyclic esters (lactones) is 1. The summed E-state index contributed by atoms with van der Waals surface area (Å²) >= 11 is 1.43. The number of aliphatic hydroxyl groups is 1. The van der Waals surface area contributed by atoms with Crippen molar-refractivity contribution in [1.29, 1.82) is 0 Å². The average Bonchev–Trinajstić information content (AvgIpc) is 3.86. The van der Waals surface area contributed by atoms with Gasteiger partial charge in [-0.25, -0.2) is 9.78 Å². The molecule has 0 radical (unpaired) electrons. The van der Waals surface area contributed by atoms with Crippen molar-refractivity contribution in [3.63, 3.8) is 0 Å². The molecule has 0 saturated carbocycles. The Morgan fingerprint density at radius 2 is 1.64 bits per heavy atom. The molecule has 0 aliphatic carbocycles. The van der Waals surface area contributed by atoms with Gasteiger partial charge in [0.05, 0.1) is 34.1 Å². The Balaban J connectivity index is 1.29. The number of fused-ring (bicyclic) bond motifs is 2. The number of carbonyl (C=O) groups excluding carboxylic acids is 5. The van der Waals surface area contributed by atoms with Crippen molar-refractivity contribution in [3.8, 4) is 0 Å². The predicted molar refractivity (Wildman–Crippen MR) is 251 cm³/mol. The van der Waals surface area contributed by atoms with Crippen LogP contribution in [0.15, 0.2) is 54.6 Å². The molecule has 15 nitrogen and oxygen atoms in total. The number of methoxy groups -OCH3 is 1. The molecule has 13 atom stereocenters. The Kier molecular flexibility index (Phi) is 16.5. The van der Waals surface area contributed by atoms with E-state index in [-0.39, 0.29) is 43.2 Å². The highest BCUT2D eigenvalue weighted by Crippen LogP contribution is 2.43. The number of aliphatic hydroxyl groups excluding tert-OH is 1. The molecule has 0 unspecified atom stereocenters. The number of aromatic nitrogens is 1. The number of likely N-dealkylation sites (N-methyl/N-ethyl adjacent to an activating group) is 1. The maximum absolute atomic E-state index is 14.9. The minimum absolute atomic E-state index is 0.0942. The van der Waals surface area contributed by atoms with Crippen molar-refractivity contribution >= 4 is 56.2 Å². The molecule has 16 heteroatoms. The first-order valence-corrected chi connectivity index (χ1v) is 24.4. The highest BCUT2D eigenvalue weighted by atomic mass is 32.1. The van der Waals surface area contributed by atoms with Crippen molar-refractivity contribution in [2.45, 2.75) is 148 Å². The normalized spacial score (nSPS) is 33.7. The molecule has 0 spiro atoms. The van der Waals surface area contributed by atoms with Crippen LogP contribution in [0.4, 0.5) is 9.93 Å². The fourth-order valence-electron chi connectivity index (χ4n) is 10.4. The number of rotatable bonds is 13. The van der Waals surface area contributed by atoms with Gasteiger partial charge in [0.2, 0.25) is 0 Å². The quantitative estimate of drug-likeness (QED) is 0.103. The van der Waals surface area contributed by atoms with Gasteiger partial charge in [0.25, 0.3) is 5.91 Å². The third kappa shape index (κ3) is 10.4. The Labute approximate surface area is 393 Å². The van der Waals surface area contributed by atoms with E-state index in [1.54, 1.807) is 63.5 Å². The lowest BCUT2D eigenvalue weighted by atomic mass is 9.73. The van der Waals surface area contributed by atoms with E-state index < -0.39 is 83.4 Å². The summed E-state index contributed by atoms with van der Waals surface area (Å²) < 4.78 is 32.5. The number of anilines is 1. The second kappa shape index (κ2) is 21.3. The monoisotopic (exact) mass is 934 g/mol. The first-order valence-electron chi connectivity index (χ1n) is 23.5. The van der Waals surface area contributed by atoms with Gasteiger partial charge in [0, 0.05) is 49.6 Å². The number of hydrogen-bond acceptors (Lipinski definition) is 14. The van der Waals surface area contributed by atoms with E-state index in [1.165, 1.54) is 25.4 Å². The van der Waals surface area contributed by atoms with Gasteiger partial charge in [-0.15, -0.1) is 0 Å². The summed E-state index contributed by atoms with van der Waals surface area (Å²) in [6.45, 7) is 17.1. The number of ketones is 2. The highest BCUT2D eigenvalue weighted by molar-refractivity contribution is 7.22. The molecule has 0 bridgehead atoms. The second-order valence-corrected chi connectivity index (χ2v) is 20.0. The van der Waals surface area contributed by atoms with Crippen molar-refractivity contribution in [2.24, 2.45) is 23.7 Å². The molecule has 4 heterocycles. The molecule has 66 heavy (non-hydrogen) atoms. The lowest BCUT2D eigenvalue weighted by molar-refractivity contribution is -0.296. The number of unbranched alkanes of at least 4 members (excludes halogenated alkanes) is 1. The maximum Gasteiger partial charge on any atom is 0.410 e. The molecule has 3 aliphatic rings. The van der Waals surface area contributed by atoms with Crippen LogP contribution in [0, 0.1) is 23.7 Å². The number of carbonyl (C=O) groups is 5. The van der Waals surface area contributed by atoms with E-state index >= 15 is 0 Å². The average molecular weight is 935 g/mol. The minimum atomic E-state index is -1.48. The molecule has 1 N–H and O–H groups in total. The summed E-state index contributed by atoms with van der Waals surface area (Å²) in [4.78, 5) is 81.7. The molecule has 2 amide bonds. The van der Waals surface area contributed by atoms with Crippen LogP contribution in [-0.2, 0) is 38.1 Å². The number of nitrogens with zero attached hydrogens (tertiary/aromatic N) is 4. The van der Waals surface area contributed by atoms with Gasteiger partial charge in [-0.1, -0.05) is 76.3 Å². The van der Waals surface area contributed by atoms with Crippen molar-refractivity contribution in [3.05, 3.63) is 60.2 Å². The van der Waals surface area contributed by atoms with Crippen molar-refractivity contribution < 1.29 is 52.8 Å². The van der Waals surface area contributed by atoms with E-state index in [1.807, 2.05) is 68.3 Å². The zero-order valence-electron chi connectivity index (χ0n) is 40.4. The molecular formula is C50H70N4O11S. The van der Waals surface area contributed by atoms with Gasteiger partial charge in [-0.05, 0) is 97.7 Å². The van der Waals surface area contributed by atoms with Crippen molar-refractivity contribution in [2.75, 3.05) is 38.7 Å². The van der Waals surface area contributed by atoms with Gasteiger partial charge in [-0.2, -0.15) is 0 Å². The number of thiazole rings is 1. The van der Waals surface area contributed by atoms with Crippen LogP contribution in [0.5, 0.6) is 0 Å². The molecule has 3 fully saturated rings. The summed E-state index contributed by atoms with van der Waals surface area (Å²) in [6, 6.07) is 15.6. The standard InChI is InChI=1S/C50H70N4O11S/c1-12-38-50(9)42(53(48(60)65-50)25-19-20-26-54(44(58)34-21-15-14-16-22-34)47-51-35-23-17-18-24-37(35)66-47)31(5)39(55)29(3)28-49(8,61-11)43(32(6)40(56)33(7)45(59)63-38)64-46-41(57)36(52(10)13-2)27-30(4)62-46/h14-18,21-24,29-33,36,38,41-43,46,57H,12-13,19-20,25-28H2,1-11H3/t29-,30-,31+,32+,33-,36+,38-,41-,42+,43-,46+,49-,50-/m1/s1. The van der Waals surface area contributed by atoms with Crippen LogP contribution in [0.2, 0.25) is 0 Å². The molecule has 2 aromatic carbocycles. The van der Waals surface area contributed by atoms with Gasteiger partial charge >= 0.3 is 12.1 Å². The molecular weight excluding hydrogens is 865 g/mol. The molecule has 6 rings (SSSR count). The number of amides is 2. The van der Waals surface area contributed by atoms with E-state index in [9.17, 15) is 29.1 Å². The third-order valence-corrected chi connectivity index (χ3v) is 15.4. The van der Waals surface area contributed by atoms with Gasteiger partial charge in [-0.3, -0.25) is 24.1 Å². The lowest BCUT2D eigenvalue weighted by Crippen LogP contribution is -2.60. The third-order valence-electron chi connectivity index (χ3n) is 14.4. The summed E-state index contributed by atoms with van der Waals surface area (Å²) in [6.07, 6.45) is -3.44. The van der Waals surface area contributed by atoms with E-state index in [0.29, 0.717) is 43.0 Å². The van der Waals surface area contributed by atoms with Gasteiger partial charge in [0.1, 0.15) is 23.9 Å². The smallest absolute Gasteiger partial charge is 0.410 e. The number of para-hydroxylation sites is 1. The number of Topliss-reactive ketones (excluding diaryl/α,β-unsaturated/α-hetero) is 2. The summed E-state index contributed by atoms with van der Waals surface area (Å²) in [5.74, 6) is -5.42. The maximum atomic E-state index is 14.9. The fourth-order valence-corrected chi connectivity index (χ4v) is 11.4. The van der Waals surface area contributed by atoms with Crippen LogP contribution in [0.1, 0.15) is 105 Å². The predicted octanol–water partition coefficient (Wildman–Crippen LogP) is 7.32.